The molecule has 20 heteroatoms. The van der Waals surface area contributed by atoms with Crippen LogP contribution in [0, 0.1) is 11.6 Å². The van der Waals surface area contributed by atoms with Crippen LogP contribution in [0.15, 0.2) is 97.6 Å². The number of benzene rings is 2. The van der Waals surface area contributed by atoms with E-state index in [1.54, 1.807) is 50.0 Å². The number of carbonyl (C=O) groups excluding carboxylic acids is 3. The first-order chi connectivity index (χ1) is 39.0. The van der Waals surface area contributed by atoms with E-state index in [1.165, 1.54) is 35.4 Å². The third kappa shape index (κ3) is 11.6. The molecule has 4 aliphatic rings. The van der Waals surface area contributed by atoms with Gasteiger partial charge in [0.05, 0.1) is 64.2 Å². The fourth-order valence-electron chi connectivity index (χ4n) is 11.3. The maximum atomic E-state index is 13.9. The number of rotatable bonds is 12. The van der Waals surface area contributed by atoms with E-state index in [9.17, 15) is 23.2 Å². The standard InChI is InChI=1S/C33H37FN6O4.C28H29FN6O2/c1-33(2,3)44-32(42)40-18-24-23(27-17-35-29-16-21(34)10-13-39(27)29)6-8-25(30(24)31(40)41)36-28-9-7-22(20-11-14-43-15-12-20)26(37-28)19-38(4)5;1-34(2)16-23-19(17-8-11-37-12-9-17)4-6-25(33-23)32-22-5-3-20(21-14-31-28(36)27(21)22)24-15-30-26-13-18(29)7-10-35(24)26/h6-10,13,16-17,20H,11-12,14-15,18-19H2,1-5H3,(H,36,37);3-7,10,13,15,17H,8-9,11-12,14,16H2,1-2H3,(H,31,36)(H,32,33). The Labute approximate surface area is 468 Å². The second kappa shape index (κ2) is 22.8. The zero-order valence-corrected chi connectivity index (χ0v) is 46.6. The van der Waals surface area contributed by atoms with Gasteiger partial charge in [-0.2, -0.15) is 0 Å². The van der Waals surface area contributed by atoms with Crippen LogP contribution >= 0.6 is 0 Å². The maximum absolute atomic E-state index is 13.9. The van der Waals surface area contributed by atoms with E-state index >= 15 is 0 Å². The predicted molar refractivity (Wildman–Crippen MR) is 304 cm³/mol. The summed E-state index contributed by atoms with van der Waals surface area (Å²) in [6.07, 6.45) is 9.80. The third-order valence-electron chi connectivity index (χ3n) is 15.0. The highest BCUT2D eigenvalue weighted by molar-refractivity contribution is 6.12. The fourth-order valence-corrected chi connectivity index (χ4v) is 11.3. The van der Waals surface area contributed by atoms with Crippen molar-refractivity contribution in [2.24, 2.45) is 0 Å². The quantitative estimate of drug-likeness (QED) is 0.105. The van der Waals surface area contributed by atoms with Gasteiger partial charge in [0.15, 0.2) is 0 Å². The number of nitrogens with zero attached hydrogens (tertiary/aromatic N) is 9. The number of hydrogen-bond acceptors (Lipinski definition) is 14. The summed E-state index contributed by atoms with van der Waals surface area (Å²) >= 11 is 0. The number of imide groups is 1. The summed E-state index contributed by atoms with van der Waals surface area (Å²) in [5.41, 5.74) is 11.5. The summed E-state index contributed by atoms with van der Waals surface area (Å²) < 4.78 is 47.9. The Kier molecular flexibility index (Phi) is 15.4. The second-order valence-corrected chi connectivity index (χ2v) is 22.5. The molecule has 0 aliphatic carbocycles. The van der Waals surface area contributed by atoms with Crippen molar-refractivity contribution in [3.05, 3.63) is 154 Å². The van der Waals surface area contributed by atoms with E-state index < -0.39 is 23.4 Å². The molecule has 8 aromatic rings. The van der Waals surface area contributed by atoms with Crippen LogP contribution in [0.2, 0.25) is 0 Å². The molecule has 2 aromatic carbocycles. The topological polar surface area (TPSA) is 185 Å². The predicted octanol–water partition coefficient (Wildman–Crippen LogP) is 10.6. The number of ether oxygens (including phenoxy) is 3. The van der Waals surface area contributed by atoms with Gasteiger partial charge in [0.25, 0.3) is 11.8 Å². The van der Waals surface area contributed by atoms with Gasteiger partial charge in [0.2, 0.25) is 0 Å². The lowest BCUT2D eigenvalue weighted by Crippen LogP contribution is -2.37. The molecule has 3 N–H and O–H groups in total. The van der Waals surface area contributed by atoms with Crippen molar-refractivity contribution in [2.45, 2.75) is 90.1 Å². The fraction of sp³-hybridized carbons (Fsp3) is 0.361. The average molecular weight is 1100 g/mol. The molecular formula is C61H66F2N12O6. The van der Waals surface area contributed by atoms with Crippen molar-refractivity contribution in [3.8, 4) is 22.5 Å². The number of fused-ring (bicyclic) bond motifs is 4. The molecule has 10 heterocycles. The maximum Gasteiger partial charge on any atom is 0.417 e. The molecule has 420 valence electrons. The monoisotopic (exact) mass is 1100 g/mol. The van der Waals surface area contributed by atoms with Crippen molar-refractivity contribution >= 4 is 52.2 Å². The van der Waals surface area contributed by atoms with Crippen LogP contribution in [-0.4, -0.2) is 122 Å². The highest BCUT2D eigenvalue weighted by Crippen LogP contribution is 2.41. The van der Waals surface area contributed by atoms with Crippen LogP contribution < -0.4 is 16.0 Å². The van der Waals surface area contributed by atoms with Crippen molar-refractivity contribution in [2.75, 3.05) is 65.3 Å². The Morgan fingerprint density at radius 3 is 1.64 bits per heavy atom. The smallest absolute Gasteiger partial charge is 0.417 e. The van der Waals surface area contributed by atoms with Crippen LogP contribution in [0.3, 0.4) is 0 Å². The first kappa shape index (κ1) is 54.8. The normalized spacial score (nSPS) is 15.8. The second-order valence-electron chi connectivity index (χ2n) is 22.5. The van der Waals surface area contributed by atoms with Crippen molar-refractivity contribution in [1.29, 1.82) is 0 Å². The summed E-state index contributed by atoms with van der Waals surface area (Å²) in [5, 5.41) is 9.74. The van der Waals surface area contributed by atoms with Gasteiger partial charge in [-0.3, -0.25) is 18.4 Å². The Hall–Kier alpha value is -8.17. The number of carbonyl (C=O) groups is 3. The molecule has 6 aromatic heterocycles. The van der Waals surface area contributed by atoms with Gasteiger partial charge in [-0.1, -0.05) is 24.3 Å². The van der Waals surface area contributed by atoms with E-state index in [0.717, 1.165) is 91.8 Å². The van der Waals surface area contributed by atoms with E-state index in [2.05, 4.69) is 47.9 Å². The Morgan fingerprint density at radius 1 is 0.679 bits per heavy atom. The van der Waals surface area contributed by atoms with Crippen molar-refractivity contribution in [3.63, 3.8) is 0 Å². The molecule has 0 saturated carbocycles. The summed E-state index contributed by atoms with van der Waals surface area (Å²) in [6.45, 7) is 10.1. The highest BCUT2D eigenvalue weighted by Gasteiger charge is 2.39. The van der Waals surface area contributed by atoms with Crippen LogP contribution in [-0.2, 0) is 40.4 Å². The van der Waals surface area contributed by atoms with Crippen molar-refractivity contribution in [1.82, 2.24) is 48.8 Å². The van der Waals surface area contributed by atoms with Crippen LogP contribution in [0.4, 0.5) is 36.6 Å². The molecule has 0 radical (unpaired) electrons. The molecule has 0 unspecified atom stereocenters. The molecule has 0 bridgehead atoms. The van der Waals surface area contributed by atoms with E-state index in [1.807, 2.05) is 69.0 Å². The number of amides is 3. The lowest BCUT2D eigenvalue weighted by molar-refractivity contribution is 0.0248. The van der Waals surface area contributed by atoms with Gasteiger partial charge < -0.3 is 40.0 Å². The molecular weight excluding hydrogens is 1030 g/mol. The van der Waals surface area contributed by atoms with Gasteiger partial charge in [-0.05, 0) is 145 Å². The molecule has 3 amide bonds. The number of hydrogen-bond donors (Lipinski definition) is 3. The SMILES string of the molecule is CN(C)Cc1nc(Nc2ccc(-c3cnc4cc(F)ccn34)c3c2C(=O)N(C(=O)OC(C)(C)C)C3)ccc1C1CCOCC1.CN(C)Cc1nc(Nc2ccc(-c3cnc4cc(F)ccn34)c3c2C(=O)NC3)ccc1C1CCOCC1. The third-order valence-corrected chi connectivity index (χ3v) is 15.0. The zero-order chi connectivity index (χ0) is 56.7. The first-order valence-corrected chi connectivity index (χ1v) is 27.4. The molecule has 0 spiro atoms. The van der Waals surface area contributed by atoms with Crippen LogP contribution in [0.5, 0.6) is 0 Å². The lowest BCUT2D eigenvalue weighted by atomic mass is 9.90. The lowest BCUT2D eigenvalue weighted by Gasteiger charge is -2.25. The van der Waals surface area contributed by atoms with Gasteiger partial charge in [0, 0.05) is 81.7 Å². The van der Waals surface area contributed by atoms with E-state index in [0.29, 0.717) is 87.2 Å². The molecule has 81 heavy (non-hydrogen) atoms. The zero-order valence-electron chi connectivity index (χ0n) is 46.6. The van der Waals surface area contributed by atoms with Gasteiger partial charge >= 0.3 is 6.09 Å². The Bertz CT molecular complexity index is 3710. The Morgan fingerprint density at radius 2 is 1.16 bits per heavy atom. The number of imidazole rings is 2. The van der Waals surface area contributed by atoms with Crippen LogP contribution in [0.25, 0.3) is 33.8 Å². The van der Waals surface area contributed by atoms with E-state index in [-0.39, 0.29) is 18.3 Å². The van der Waals surface area contributed by atoms with Gasteiger partial charge in [-0.15, -0.1) is 0 Å². The number of halogens is 2. The van der Waals surface area contributed by atoms with Gasteiger partial charge in [-0.25, -0.2) is 38.4 Å². The molecule has 0 atom stereocenters. The van der Waals surface area contributed by atoms with E-state index in [4.69, 9.17) is 24.2 Å². The molecule has 12 rings (SSSR count). The van der Waals surface area contributed by atoms with Crippen molar-refractivity contribution < 1.29 is 37.4 Å². The molecule has 2 saturated heterocycles. The largest absolute Gasteiger partial charge is 0.443 e. The number of anilines is 4. The minimum atomic E-state index is -0.777. The molecule has 18 nitrogen and oxygen atoms in total. The highest BCUT2D eigenvalue weighted by atomic mass is 19.1. The van der Waals surface area contributed by atoms with Gasteiger partial charge in [0.1, 0.15) is 40.2 Å². The summed E-state index contributed by atoms with van der Waals surface area (Å²) in [5.74, 6) is 0.793. The Balaban J connectivity index is 0.000000173. The number of nitrogens with one attached hydrogen (secondary N) is 3. The first-order valence-electron chi connectivity index (χ1n) is 27.4. The summed E-state index contributed by atoms with van der Waals surface area (Å²) in [6, 6.07) is 21.3. The minimum absolute atomic E-state index is 0.0182. The minimum Gasteiger partial charge on any atom is -0.443 e. The summed E-state index contributed by atoms with van der Waals surface area (Å²) in [4.78, 5) is 64.0. The number of aromatic nitrogens is 6. The number of pyridine rings is 4. The average Bonchev–Trinajstić information content (AvgIpc) is 4.17. The molecule has 4 aliphatic heterocycles. The summed E-state index contributed by atoms with van der Waals surface area (Å²) in [7, 11) is 8.11. The molecule has 2 fully saturated rings. The van der Waals surface area contributed by atoms with Crippen LogP contribution in [0.1, 0.15) is 113 Å².